The Morgan fingerprint density at radius 3 is 2.56 bits per heavy atom. The van der Waals surface area contributed by atoms with Crippen LogP contribution in [0, 0.1) is 0 Å². The van der Waals surface area contributed by atoms with Crippen LogP contribution >= 0.6 is 0 Å². The molecule has 0 saturated carbocycles. The van der Waals surface area contributed by atoms with Crippen LogP contribution in [0.1, 0.15) is 11.1 Å². The zero-order valence-electron chi connectivity index (χ0n) is 10.3. The number of carbonyl (C=O) groups excluding carboxylic acids is 1. The summed E-state index contributed by atoms with van der Waals surface area (Å²) in [5.41, 5.74) is 4.27. The lowest BCUT2D eigenvalue weighted by Gasteiger charge is -2.16. The van der Waals surface area contributed by atoms with E-state index in [0.29, 0.717) is 6.32 Å². The Bertz CT molecular complexity index is 552. The second-order valence-corrected chi connectivity index (χ2v) is 4.30. The molecule has 1 nitrogen and oxygen atoms in total. The smallest absolute Gasteiger partial charge is 0.256 e. The minimum absolute atomic E-state index is 0.151. The van der Waals surface area contributed by atoms with E-state index in [0.717, 1.165) is 22.8 Å². The van der Waals surface area contributed by atoms with Gasteiger partial charge >= 0.3 is 0 Å². The lowest BCUT2D eigenvalue weighted by molar-refractivity contribution is 0.567. The van der Waals surface area contributed by atoms with Gasteiger partial charge in [-0.15, -0.1) is 0 Å². The summed E-state index contributed by atoms with van der Waals surface area (Å²) in [4.78, 5) is 11.3. The molecule has 0 saturated heterocycles. The second kappa shape index (κ2) is 5.50. The molecule has 0 spiro atoms. The van der Waals surface area contributed by atoms with E-state index in [9.17, 15) is 4.79 Å². The van der Waals surface area contributed by atoms with Crippen molar-refractivity contribution in [2.24, 2.45) is 0 Å². The molecule has 0 amide bonds. The molecular formula is C16H15BO. The fourth-order valence-corrected chi connectivity index (χ4v) is 2.30. The molecule has 0 fully saturated rings. The summed E-state index contributed by atoms with van der Waals surface area (Å²) in [6, 6.07) is 8.14. The van der Waals surface area contributed by atoms with Crippen LogP contribution in [0.2, 0.25) is 0 Å². The lowest BCUT2D eigenvalue weighted by Crippen LogP contribution is -2.24. The first kappa shape index (κ1) is 12.4. The van der Waals surface area contributed by atoms with E-state index in [-0.39, 0.29) is 6.71 Å². The number of fused-ring (bicyclic) bond motifs is 1. The molecular weight excluding hydrogens is 219 g/mol. The van der Waals surface area contributed by atoms with Gasteiger partial charge in [-0.1, -0.05) is 67.2 Å². The van der Waals surface area contributed by atoms with Gasteiger partial charge in [0.25, 0.3) is 6.71 Å². The van der Waals surface area contributed by atoms with E-state index in [1.807, 2.05) is 18.2 Å². The van der Waals surface area contributed by atoms with Crippen molar-refractivity contribution in [3.8, 4) is 0 Å². The third kappa shape index (κ3) is 2.28. The minimum atomic E-state index is -0.151. The molecule has 2 rings (SSSR count). The summed E-state index contributed by atoms with van der Waals surface area (Å²) in [7, 11) is 0. The van der Waals surface area contributed by atoms with Gasteiger partial charge in [0.15, 0.2) is 0 Å². The van der Waals surface area contributed by atoms with E-state index in [1.54, 1.807) is 12.2 Å². The maximum Gasteiger partial charge on any atom is 0.256 e. The molecule has 0 atom stereocenters. The first-order chi connectivity index (χ1) is 8.80. The van der Waals surface area contributed by atoms with Gasteiger partial charge in [0.1, 0.15) is 0 Å². The number of hydrogen-bond donors (Lipinski definition) is 0. The van der Waals surface area contributed by atoms with Crippen LogP contribution < -0.4 is 0 Å². The van der Waals surface area contributed by atoms with Gasteiger partial charge in [-0.25, -0.2) is 0 Å². The summed E-state index contributed by atoms with van der Waals surface area (Å²) in [6.45, 7) is 7.47. The maximum absolute atomic E-state index is 11.3. The molecule has 18 heavy (non-hydrogen) atoms. The van der Waals surface area contributed by atoms with Crippen molar-refractivity contribution in [3.63, 3.8) is 0 Å². The predicted octanol–water partition coefficient (Wildman–Crippen LogP) is 3.27. The van der Waals surface area contributed by atoms with Crippen molar-refractivity contribution in [1.82, 2.24) is 0 Å². The Labute approximate surface area is 108 Å². The number of hydrogen-bond acceptors (Lipinski definition) is 1. The Morgan fingerprint density at radius 2 is 1.89 bits per heavy atom. The van der Waals surface area contributed by atoms with Crippen LogP contribution in [-0.4, -0.2) is 12.9 Å². The van der Waals surface area contributed by atoms with Crippen molar-refractivity contribution >= 4 is 19.0 Å². The Kier molecular flexibility index (Phi) is 3.78. The third-order valence-electron chi connectivity index (χ3n) is 3.27. The van der Waals surface area contributed by atoms with E-state index >= 15 is 0 Å². The summed E-state index contributed by atoms with van der Waals surface area (Å²) in [5.74, 6) is 0. The largest absolute Gasteiger partial charge is 0.314 e. The first-order valence-corrected chi connectivity index (χ1v) is 6.00. The van der Waals surface area contributed by atoms with Gasteiger partial charge in [-0.2, -0.15) is 0 Å². The molecule has 1 heterocycles. The molecule has 0 aliphatic carbocycles. The van der Waals surface area contributed by atoms with Gasteiger partial charge in [0.05, 0.1) is 6.19 Å². The van der Waals surface area contributed by atoms with Crippen LogP contribution in [-0.2, 0) is 11.1 Å². The van der Waals surface area contributed by atoms with Gasteiger partial charge in [-0.3, -0.25) is 0 Å². The number of benzene rings is 1. The van der Waals surface area contributed by atoms with Crippen molar-refractivity contribution < 1.29 is 4.79 Å². The molecule has 0 aromatic heterocycles. The van der Waals surface area contributed by atoms with Crippen molar-refractivity contribution in [2.75, 3.05) is 0 Å². The molecule has 0 radical (unpaired) electrons. The molecule has 1 aliphatic heterocycles. The molecule has 1 aromatic rings. The zero-order valence-corrected chi connectivity index (χ0v) is 10.3. The van der Waals surface area contributed by atoms with Crippen molar-refractivity contribution in [3.05, 3.63) is 77.8 Å². The molecule has 88 valence electrons. The van der Waals surface area contributed by atoms with Gasteiger partial charge in [0, 0.05) is 0 Å². The SMILES string of the molecule is C=CC1=C(\C=C)B(C=O)Cc2ccccc2/C=C\1. The minimum Gasteiger partial charge on any atom is -0.314 e. The van der Waals surface area contributed by atoms with Crippen LogP contribution in [0.3, 0.4) is 0 Å². The molecule has 1 aromatic carbocycles. The molecule has 0 unspecified atom stereocenters. The average Bonchev–Trinajstić information content (AvgIpc) is 2.40. The predicted molar refractivity (Wildman–Crippen MR) is 79.1 cm³/mol. The Hall–Kier alpha value is -2.09. The Morgan fingerprint density at radius 1 is 1.11 bits per heavy atom. The van der Waals surface area contributed by atoms with Gasteiger partial charge in [-0.05, 0) is 23.0 Å². The highest BCUT2D eigenvalue weighted by molar-refractivity contribution is 6.90. The van der Waals surface area contributed by atoms with Gasteiger partial charge < -0.3 is 4.79 Å². The van der Waals surface area contributed by atoms with E-state index in [1.165, 1.54) is 5.56 Å². The number of rotatable bonds is 3. The average molecular weight is 234 g/mol. The van der Waals surface area contributed by atoms with E-state index in [2.05, 4.69) is 31.4 Å². The molecule has 1 aliphatic rings. The number of allylic oxidation sites excluding steroid dienone is 5. The van der Waals surface area contributed by atoms with Crippen LogP contribution in [0.15, 0.2) is 66.7 Å². The molecule has 2 heteroatoms. The highest BCUT2D eigenvalue weighted by Gasteiger charge is 2.21. The highest BCUT2D eigenvalue weighted by atomic mass is 16.1. The van der Waals surface area contributed by atoms with Crippen molar-refractivity contribution in [1.29, 1.82) is 0 Å². The van der Waals surface area contributed by atoms with Gasteiger partial charge in [0.2, 0.25) is 0 Å². The summed E-state index contributed by atoms with van der Waals surface area (Å²) in [6.07, 6.45) is 9.31. The van der Waals surface area contributed by atoms with Crippen LogP contribution in [0.5, 0.6) is 0 Å². The van der Waals surface area contributed by atoms with Crippen molar-refractivity contribution in [2.45, 2.75) is 6.32 Å². The monoisotopic (exact) mass is 234 g/mol. The molecule has 0 N–H and O–H groups in total. The first-order valence-electron chi connectivity index (χ1n) is 6.00. The highest BCUT2D eigenvalue weighted by Crippen LogP contribution is 2.22. The summed E-state index contributed by atoms with van der Waals surface area (Å²) in [5, 5.41) is 0. The number of carbonyl (C=O) groups is 1. The normalized spacial score (nSPS) is 20.3. The van der Waals surface area contributed by atoms with E-state index in [4.69, 9.17) is 0 Å². The third-order valence-corrected chi connectivity index (χ3v) is 3.27. The lowest BCUT2D eigenvalue weighted by atomic mass is 9.41. The quantitative estimate of drug-likeness (QED) is 0.579. The Balaban J connectivity index is 2.59. The topological polar surface area (TPSA) is 17.1 Å². The summed E-state index contributed by atoms with van der Waals surface area (Å²) < 4.78 is 0. The van der Waals surface area contributed by atoms with Crippen LogP contribution in [0.4, 0.5) is 0 Å². The fraction of sp³-hybridized carbons (Fsp3) is 0.0625. The van der Waals surface area contributed by atoms with Crippen LogP contribution in [0.25, 0.3) is 6.08 Å². The summed E-state index contributed by atoms with van der Waals surface area (Å²) >= 11 is 0. The fourth-order valence-electron chi connectivity index (χ4n) is 2.30. The maximum atomic E-state index is 11.3. The van der Waals surface area contributed by atoms with E-state index < -0.39 is 0 Å². The molecule has 0 bridgehead atoms. The zero-order chi connectivity index (χ0) is 13.0. The standard InChI is InChI=1S/C16H15BO/c1-3-13-9-10-14-7-5-6-8-15(14)11-17(12-18)16(13)4-2/h3-10,12H,1-2,11H2/b10-9-,16-13-. The second-order valence-electron chi connectivity index (χ2n) is 4.30.